The Kier molecular flexibility index (Phi) is 5.76. The van der Waals surface area contributed by atoms with Gasteiger partial charge in [-0.1, -0.05) is 34.6 Å². The molecule has 0 saturated carbocycles. The van der Waals surface area contributed by atoms with Crippen LogP contribution in [0.3, 0.4) is 0 Å². The van der Waals surface area contributed by atoms with Crippen molar-refractivity contribution < 1.29 is 9.53 Å². The van der Waals surface area contributed by atoms with Crippen molar-refractivity contribution in [1.29, 1.82) is 0 Å². The second-order valence-corrected chi connectivity index (χ2v) is 4.26. The van der Waals surface area contributed by atoms with Crippen LogP contribution in [0.4, 0.5) is 0 Å². The van der Waals surface area contributed by atoms with Crippen LogP contribution in [0.25, 0.3) is 0 Å². The molecule has 0 rings (SSSR count). The van der Waals surface area contributed by atoms with Crippen LogP contribution < -0.4 is 0 Å². The molecule has 1 atom stereocenters. The van der Waals surface area contributed by atoms with Gasteiger partial charge in [-0.25, -0.2) is 0 Å². The Balaban J connectivity index is 4.02. The normalized spacial score (nSPS) is 13.5. The Labute approximate surface area is 81.7 Å². The molecular weight excluding hydrogens is 164 g/mol. The summed E-state index contributed by atoms with van der Waals surface area (Å²) in [5.74, 6) is 0.911. The molecule has 0 fully saturated rings. The lowest BCUT2D eigenvalue weighted by Gasteiger charge is -2.22. The third-order valence-electron chi connectivity index (χ3n) is 2.02. The first kappa shape index (κ1) is 12.5. The first-order valence-corrected chi connectivity index (χ1v) is 5.16. The molecule has 0 aromatic carbocycles. The van der Waals surface area contributed by atoms with Crippen molar-refractivity contribution in [3.8, 4) is 0 Å². The quantitative estimate of drug-likeness (QED) is 0.617. The van der Waals surface area contributed by atoms with Crippen molar-refractivity contribution in [2.75, 3.05) is 0 Å². The van der Waals surface area contributed by atoms with Gasteiger partial charge in [0.1, 0.15) is 6.10 Å². The van der Waals surface area contributed by atoms with Crippen molar-refractivity contribution in [2.45, 2.75) is 53.6 Å². The van der Waals surface area contributed by atoms with Crippen molar-refractivity contribution in [3.05, 3.63) is 0 Å². The van der Waals surface area contributed by atoms with Gasteiger partial charge in [0.2, 0.25) is 0 Å². The van der Waals surface area contributed by atoms with Crippen molar-refractivity contribution in [1.82, 2.24) is 0 Å². The Morgan fingerprint density at radius 2 is 1.77 bits per heavy atom. The second kappa shape index (κ2) is 6.01. The first-order valence-electron chi connectivity index (χ1n) is 5.16. The highest BCUT2D eigenvalue weighted by molar-refractivity contribution is 5.69. The van der Waals surface area contributed by atoms with Gasteiger partial charge in [-0.3, -0.25) is 4.79 Å². The van der Waals surface area contributed by atoms with Crippen LogP contribution in [0.15, 0.2) is 0 Å². The molecule has 0 aliphatic rings. The van der Waals surface area contributed by atoms with Crippen LogP contribution in [-0.4, -0.2) is 12.1 Å². The third kappa shape index (κ3) is 5.67. The number of hydrogen-bond acceptors (Lipinski definition) is 2. The fraction of sp³-hybridized carbons (Fsp3) is 0.909. The largest absolute Gasteiger partial charge is 0.462 e. The van der Waals surface area contributed by atoms with E-state index in [1.165, 1.54) is 0 Å². The fourth-order valence-electron chi connectivity index (χ4n) is 1.17. The highest BCUT2D eigenvalue weighted by Gasteiger charge is 2.18. The molecule has 0 aromatic heterocycles. The van der Waals surface area contributed by atoms with Gasteiger partial charge in [-0.15, -0.1) is 0 Å². The molecule has 0 N–H and O–H groups in total. The highest BCUT2D eigenvalue weighted by atomic mass is 16.5. The number of carbonyl (C=O) groups excluding carboxylic acids is 1. The number of ether oxygens (including phenoxy) is 1. The lowest BCUT2D eigenvalue weighted by molar-refractivity contribution is -0.151. The number of hydrogen-bond donors (Lipinski definition) is 0. The zero-order valence-electron chi connectivity index (χ0n) is 9.46. The van der Waals surface area contributed by atoms with Crippen LogP contribution in [0, 0.1) is 11.8 Å². The molecule has 1 unspecified atom stereocenters. The Hall–Kier alpha value is -0.530. The molecule has 0 amide bonds. The van der Waals surface area contributed by atoms with E-state index in [1.807, 2.05) is 6.92 Å². The SMILES string of the molecule is CCC(=O)OC(CC(C)C)C(C)C. The molecule has 0 aliphatic heterocycles. The lowest BCUT2D eigenvalue weighted by atomic mass is 9.97. The predicted octanol–water partition coefficient (Wildman–Crippen LogP) is 3.01. The van der Waals surface area contributed by atoms with E-state index in [2.05, 4.69) is 27.7 Å². The molecule has 0 spiro atoms. The highest BCUT2D eigenvalue weighted by Crippen LogP contribution is 2.16. The van der Waals surface area contributed by atoms with Gasteiger partial charge in [-0.2, -0.15) is 0 Å². The summed E-state index contributed by atoms with van der Waals surface area (Å²) >= 11 is 0. The van der Waals surface area contributed by atoms with E-state index in [9.17, 15) is 4.79 Å². The van der Waals surface area contributed by atoms with Gasteiger partial charge < -0.3 is 4.74 Å². The molecule has 78 valence electrons. The zero-order chi connectivity index (χ0) is 10.4. The maximum Gasteiger partial charge on any atom is 0.305 e. The minimum Gasteiger partial charge on any atom is -0.462 e. The van der Waals surface area contributed by atoms with Gasteiger partial charge in [0.05, 0.1) is 0 Å². The van der Waals surface area contributed by atoms with Gasteiger partial charge in [0, 0.05) is 6.42 Å². The van der Waals surface area contributed by atoms with E-state index in [-0.39, 0.29) is 12.1 Å². The minimum absolute atomic E-state index is 0.0839. The van der Waals surface area contributed by atoms with Crippen LogP contribution in [0.2, 0.25) is 0 Å². The smallest absolute Gasteiger partial charge is 0.305 e. The van der Waals surface area contributed by atoms with Crippen LogP contribution in [0.5, 0.6) is 0 Å². The van der Waals surface area contributed by atoms with E-state index < -0.39 is 0 Å². The molecule has 2 nitrogen and oxygen atoms in total. The van der Waals surface area contributed by atoms with Gasteiger partial charge >= 0.3 is 5.97 Å². The summed E-state index contributed by atoms with van der Waals surface area (Å²) in [6.45, 7) is 10.3. The number of esters is 1. The molecule has 0 saturated heterocycles. The molecule has 0 heterocycles. The summed E-state index contributed by atoms with van der Waals surface area (Å²) < 4.78 is 5.33. The third-order valence-corrected chi connectivity index (χ3v) is 2.02. The van der Waals surface area contributed by atoms with Gasteiger partial charge in [-0.05, 0) is 18.3 Å². The van der Waals surface area contributed by atoms with Crippen LogP contribution in [0.1, 0.15) is 47.5 Å². The molecule has 0 aromatic rings. The molecule has 13 heavy (non-hydrogen) atoms. The van der Waals surface area contributed by atoms with E-state index >= 15 is 0 Å². The standard InChI is InChI=1S/C11H22O2/c1-6-11(12)13-10(9(4)5)7-8(2)3/h8-10H,6-7H2,1-5H3. The van der Waals surface area contributed by atoms with E-state index in [4.69, 9.17) is 4.74 Å². The molecule has 0 radical (unpaired) electrons. The summed E-state index contributed by atoms with van der Waals surface area (Å²) in [6.07, 6.45) is 1.53. The summed E-state index contributed by atoms with van der Waals surface area (Å²) in [6, 6.07) is 0. The monoisotopic (exact) mass is 186 g/mol. The summed E-state index contributed by atoms with van der Waals surface area (Å²) in [5.41, 5.74) is 0. The van der Waals surface area contributed by atoms with E-state index in [0.717, 1.165) is 6.42 Å². The fourth-order valence-corrected chi connectivity index (χ4v) is 1.17. The summed E-state index contributed by atoms with van der Waals surface area (Å²) in [4.78, 5) is 11.1. The van der Waals surface area contributed by atoms with Crippen molar-refractivity contribution in [2.24, 2.45) is 11.8 Å². The van der Waals surface area contributed by atoms with E-state index in [1.54, 1.807) is 0 Å². The summed E-state index contributed by atoms with van der Waals surface area (Å²) in [5, 5.41) is 0. The molecule has 0 aliphatic carbocycles. The topological polar surface area (TPSA) is 26.3 Å². The zero-order valence-corrected chi connectivity index (χ0v) is 9.46. The van der Waals surface area contributed by atoms with Crippen LogP contribution in [-0.2, 0) is 9.53 Å². The van der Waals surface area contributed by atoms with Crippen molar-refractivity contribution in [3.63, 3.8) is 0 Å². The molecular formula is C11H22O2. The molecule has 2 heteroatoms. The minimum atomic E-state index is -0.0839. The predicted molar refractivity (Wildman–Crippen MR) is 54.5 cm³/mol. The van der Waals surface area contributed by atoms with Gasteiger partial charge in [0.15, 0.2) is 0 Å². The van der Waals surface area contributed by atoms with E-state index in [0.29, 0.717) is 18.3 Å². The van der Waals surface area contributed by atoms with Gasteiger partial charge in [0.25, 0.3) is 0 Å². The number of rotatable bonds is 5. The second-order valence-electron chi connectivity index (χ2n) is 4.26. The maximum absolute atomic E-state index is 11.1. The Morgan fingerprint density at radius 3 is 2.08 bits per heavy atom. The Bertz CT molecular complexity index is 150. The van der Waals surface area contributed by atoms with Crippen molar-refractivity contribution >= 4 is 5.97 Å². The first-order chi connectivity index (χ1) is 5.97. The maximum atomic E-state index is 11.1. The molecule has 0 bridgehead atoms. The average molecular weight is 186 g/mol. The average Bonchev–Trinajstić information content (AvgIpc) is 2.02. The Morgan fingerprint density at radius 1 is 1.23 bits per heavy atom. The number of carbonyl (C=O) groups is 1. The lowest BCUT2D eigenvalue weighted by Crippen LogP contribution is -2.24. The van der Waals surface area contributed by atoms with Crippen LogP contribution >= 0.6 is 0 Å². The summed E-state index contributed by atoms with van der Waals surface area (Å²) in [7, 11) is 0.